The first-order chi connectivity index (χ1) is 10.0. The molecular formula is C17H25NO3. The van der Waals surface area contributed by atoms with E-state index in [-0.39, 0.29) is 11.9 Å². The molecule has 0 aliphatic rings. The molecule has 0 saturated heterocycles. The molecule has 1 atom stereocenters. The molecule has 0 spiro atoms. The van der Waals surface area contributed by atoms with Crippen LogP contribution >= 0.6 is 0 Å². The maximum absolute atomic E-state index is 12.2. The van der Waals surface area contributed by atoms with Crippen molar-refractivity contribution in [3.05, 3.63) is 35.9 Å². The van der Waals surface area contributed by atoms with E-state index in [1.165, 1.54) is 0 Å². The highest BCUT2D eigenvalue weighted by Crippen LogP contribution is 2.09. The lowest BCUT2D eigenvalue weighted by atomic mass is 10.0. The van der Waals surface area contributed by atoms with Crippen molar-refractivity contribution in [2.24, 2.45) is 5.92 Å². The van der Waals surface area contributed by atoms with Gasteiger partial charge in [-0.05, 0) is 30.9 Å². The number of unbranched alkanes of at least 4 members (excludes halogenated alkanes) is 1. The number of rotatable bonds is 8. The maximum atomic E-state index is 12.2. The average Bonchev–Trinajstić information content (AvgIpc) is 2.47. The third-order valence-corrected chi connectivity index (χ3v) is 3.08. The third-order valence-electron chi connectivity index (χ3n) is 3.08. The van der Waals surface area contributed by atoms with E-state index in [4.69, 9.17) is 4.74 Å². The summed E-state index contributed by atoms with van der Waals surface area (Å²) in [6.07, 6.45) is 2.38. The van der Waals surface area contributed by atoms with E-state index in [0.717, 1.165) is 12.8 Å². The topological polar surface area (TPSA) is 55.4 Å². The Kier molecular flexibility index (Phi) is 7.51. The second kappa shape index (κ2) is 9.16. The van der Waals surface area contributed by atoms with Crippen molar-refractivity contribution in [2.75, 3.05) is 6.61 Å². The molecule has 0 bridgehead atoms. The smallest absolute Gasteiger partial charge is 0.328 e. The first-order valence-electron chi connectivity index (χ1n) is 7.57. The van der Waals surface area contributed by atoms with Gasteiger partial charge in [-0.3, -0.25) is 4.79 Å². The van der Waals surface area contributed by atoms with Gasteiger partial charge < -0.3 is 10.1 Å². The van der Waals surface area contributed by atoms with E-state index in [2.05, 4.69) is 5.32 Å². The predicted molar refractivity (Wildman–Crippen MR) is 83.0 cm³/mol. The van der Waals surface area contributed by atoms with Gasteiger partial charge in [0.25, 0.3) is 5.91 Å². The first-order valence-corrected chi connectivity index (χ1v) is 7.57. The first kappa shape index (κ1) is 17.2. The second-order valence-corrected chi connectivity index (χ2v) is 5.54. The molecule has 1 amide bonds. The summed E-state index contributed by atoms with van der Waals surface area (Å²) >= 11 is 0. The number of nitrogens with one attached hydrogen (secondary N) is 1. The molecule has 0 fully saturated rings. The van der Waals surface area contributed by atoms with Crippen LogP contribution in [0.2, 0.25) is 0 Å². The van der Waals surface area contributed by atoms with Crippen LogP contribution in [-0.2, 0) is 9.53 Å². The summed E-state index contributed by atoms with van der Waals surface area (Å²) in [5.74, 6) is -0.292. The number of hydrogen-bond acceptors (Lipinski definition) is 3. The molecule has 1 aromatic rings. The Balaban J connectivity index is 2.65. The van der Waals surface area contributed by atoms with Gasteiger partial charge >= 0.3 is 5.97 Å². The lowest BCUT2D eigenvalue weighted by molar-refractivity contribution is -0.146. The van der Waals surface area contributed by atoms with Gasteiger partial charge in [0.1, 0.15) is 6.04 Å². The molecule has 1 rings (SSSR count). The van der Waals surface area contributed by atoms with Crippen LogP contribution in [0, 0.1) is 5.92 Å². The molecule has 0 heterocycles. The van der Waals surface area contributed by atoms with E-state index in [1.54, 1.807) is 24.3 Å². The second-order valence-electron chi connectivity index (χ2n) is 5.54. The Hall–Kier alpha value is -1.84. The van der Waals surface area contributed by atoms with Gasteiger partial charge in [0.05, 0.1) is 6.61 Å². The lowest BCUT2D eigenvalue weighted by Crippen LogP contribution is -2.42. The zero-order valence-corrected chi connectivity index (χ0v) is 13.1. The molecule has 0 radical (unpaired) electrons. The van der Waals surface area contributed by atoms with Gasteiger partial charge in [-0.1, -0.05) is 45.4 Å². The van der Waals surface area contributed by atoms with Gasteiger partial charge in [-0.2, -0.15) is 0 Å². The van der Waals surface area contributed by atoms with Crippen LogP contribution in [0.15, 0.2) is 30.3 Å². The lowest BCUT2D eigenvalue weighted by Gasteiger charge is -2.19. The minimum atomic E-state index is -0.588. The highest BCUT2D eigenvalue weighted by atomic mass is 16.5. The van der Waals surface area contributed by atoms with E-state index >= 15 is 0 Å². The molecule has 0 saturated carbocycles. The zero-order chi connectivity index (χ0) is 15.7. The van der Waals surface area contributed by atoms with Crippen LogP contribution in [0.4, 0.5) is 0 Å². The number of carbonyl (C=O) groups is 2. The number of hydrogen-bond donors (Lipinski definition) is 1. The molecular weight excluding hydrogens is 266 g/mol. The van der Waals surface area contributed by atoms with Crippen LogP contribution in [0.3, 0.4) is 0 Å². The number of esters is 1. The monoisotopic (exact) mass is 291 g/mol. The van der Waals surface area contributed by atoms with Gasteiger partial charge in [0.2, 0.25) is 0 Å². The normalized spacial score (nSPS) is 12.0. The Morgan fingerprint density at radius 1 is 1.19 bits per heavy atom. The van der Waals surface area contributed by atoms with Crippen LogP contribution in [0.25, 0.3) is 0 Å². The molecule has 0 aliphatic heterocycles. The molecule has 4 heteroatoms. The number of ether oxygens (including phenoxy) is 1. The van der Waals surface area contributed by atoms with Crippen LogP contribution in [-0.4, -0.2) is 24.5 Å². The number of benzene rings is 1. The summed E-state index contributed by atoms with van der Waals surface area (Å²) in [4.78, 5) is 24.2. The Labute approximate surface area is 126 Å². The Morgan fingerprint density at radius 2 is 1.86 bits per heavy atom. The summed E-state index contributed by atoms with van der Waals surface area (Å²) in [7, 11) is 0. The highest BCUT2D eigenvalue weighted by Gasteiger charge is 2.23. The molecule has 1 aromatic carbocycles. The molecule has 4 nitrogen and oxygen atoms in total. The fourth-order valence-electron chi connectivity index (χ4n) is 1.93. The molecule has 0 aromatic heterocycles. The van der Waals surface area contributed by atoms with Crippen molar-refractivity contribution in [3.63, 3.8) is 0 Å². The van der Waals surface area contributed by atoms with E-state index < -0.39 is 6.04 Å². The van der Waals surface area contributed by atoms with Gasteiger partial charge in [-0.15, -0.1) is 0 Å². The molecule has 1 N–H and O–H groups in total. The van der Waals surface area contributed by atoms with Gasteiger partial charge in [-0.25, -0.2) is 4.79 Å². The minimum absolute atomic E-state index is 0.242. The van der Waals surface area contributed by atoms with Crippen LogP contribution in [0.1, 0.15) is 50.4 Å². The predicted octanol–water partition coefficient (Wildman–Crippen LogP) is 3.17. The summed E-state index contributed by atoms with van der Waals surface area (Å²) < 4.78 is 5.23. The maximum Gasteiger partial charge on any atom is 0.328 e. The summed E-state index contributed by atoms with van der Waals surface area (Å²) in [5.41, 5.74) is 0.549. The Morgan fingerprint density at radius 3 is 2.43 bits per heavy atom. The molecule has 21 heavy (non-hydrogen) atoms. The summed E-state index contributed by atoms with van der Waals surface area (Å²) in [6.45, 7) is 6.48. The Bertz CT molecular complexity index is 443. The van der Waals surface area contributed by atoms with Crippen LogP contribution in [0.5, 0.6) is 0 Å². The molecule has 0 unspecified atom stereocenters. The quantitative estimate of drug-likeness (QED) is 0.591. The fourth-order valence-corrected chi connectivity index (χ4v) is 1.93. The molecule has 116 valence electrons. The highest BCUT2D eigenvalue weighted by molar-refractivity contribution is 5.96. The van der Waals surface area contributed by atoms with E-state index in [1.807, 2.05) is 26.8 Å². The summed E-state index contributed by atoms with van der Waals surface area (Å²) in [5, 5.41) is 2.78. The van der Waals surface area contributed by atoms with Gasteiger partial charge in [0, 0.05) is 5.56 Å². The van der Waals surface area contributed by atoms with Crippen molar-refractivity contribution >= 4 is 11.9 Å². The summed E-state index contributed by atoms with van der Waals surface area (Å²) in [6, 6.07) is 8.31. The standard InChI is InChI=1S/C17H25NO3/c1-4-5-11-21-17(20)15(12-13(2)3)18-16(19)14-9-7-6-8-10-14/h6-10,13,15H,4-5,11-12H2,1-3H3,(H,18,19)/t15-/m1/s1. The van der Waals surface area contributed by atoms with Crippen molar-refractivity contribution in [1.29, 1.82) is 0 Å². The van der Waals surface area contributed by atoms with Crippen molar-refractivity contribution in [2.45, 2.75) is 46.1 Å². The largest absolute Gasteiger partial charge is 0.464 e. The molecule has 0 aliphatic carbocycles. The number of carbonyl (C=O) groups excluding carboxylic acids is 2. The number of amides is 1. The zero-order valence-electron chi connectivity index (χ0n) is 13.1. The van der Waals surface area contributed by atoms with Crippen molar-refractivity contribution < 1.29 is 14.3 Å². The average molecular weight is 291 g/mol. The van der Waals surface area contributed by atoms with E-state index in [0.29, 0.717) is 24.5 Å². The third kappa shape index (κ3) is 6.43. The minimum Gasteiger partial charge on any atom is -0.464 e. The SMILES string of the molecule is CCCCOC(=O)[C@@H](CC(C)C)NC(=O)c1ccccc1. The van der Waals surface area contributed by atoms with Gasteiger partial charge in [0.15, 0.2) is 0 Å². The fraction of sp³-hybridized carbons (Fsp3) is 0.529. The van der Waals surface area contributed by atoms with Crippen LogP contribution < -0.4 is 5.32 Å². The van der Waals surface area contributed by atoms with E-state index in [9.17, 15) is 9.59 Å². The van der Waals surface area contributed by atoms with Crippen molar-refractivity contribution in [3.8, 4) is 0 Å². The van der Waals surface area contributed by atoms with Crippen molar-refractivity contribution in [1.82, 2.24) is 5.32 Å².